The Morgan fingerprint density at radius 1 is 1.00 bits per heavy atom. The van der Waals surface area contributed by atoms with E-state index in [9.17, 15) is 19.5 Å². The summed E-state index contributed by atoms with van der Waals surface area (Å²) in [6.07, 6.45) is 7.83. The molecule has 0 bridgehead atoms. The third-order valence-electron chi connectivity index (χ3n) is 6.75. The Kier molecular flexibility index (Phi) is 12.0. The molecule has 0 saturated carbocycles. The summed E-state index contributed by atoms with van der Waals surface area (Å²) >= 11 is 0. The molecule has 0 aromatic heterocycles. The zero-order valence-corrected chi connectivity index (χ0v) is 22.2. The van der Waals surface area contributed by atoms with Crippen molar-refractivity contribution in [2.45, 2.75) is 64.0 Å². The van der Waals surface area contributed by atoms with Crippen molar-refractivity contribution in [3.8, 4) is 0 Å². The van der Waals surface area contributed by atoms with E-state index >= 15 is 0 Å². The van der Waals surface area contributed by atoms with Crippen LogP contribution in [-0.2, 0) is 32.0 Å². The molecule has 1 aliphatic heterocycles. The highest BCUT2D eigenvalue weighted by Gasteiger charge is 2.27. The van der Waals surface area contributed by atoms with Gasteiger partial charge in [-0.2, -0.15) is 0 Å². The molecule has 1 aliphatic rings. The lowest BCUT2D eigenvalue weighted by atomic mass is 9.93. The number of aliphatic hydroxyl groups excluding tert-OH is 1. The highest BCUT2D eigenvalue weighted by molar-refractivity contribution is 5.86. The van der Waals surface area contributed by atoms with Gasteiger partial charge in [-0.3, -0.25) is 14.4 Å². The summed E-state index contributed by atoms with van der Waals surface area (Å²) in [5.41, 5.74) is 2.11. The topological polar surface area (TPSA) is 105 Å². The van der Waals surface area contributed by atoms with Crippen molar-refractivity contribution >= 4 is 17.8 Å². The molecule has 0 fully saturated rings. The molecule has 0 saturated heterocycles. The second kappa shape index (κ2) is 15.7. The van der Waals surface area contributed by atoms with Gasteiger partial charge in [0.1, 0.15) is 6.61 Å². The molecule has 4 unspecified atom stereocenters. The van der Waals surface area contributed by atoms with E-state index in [1.54, 1.807) is 6.92 Å². The van der Waals surface area contributed by atoms with E-state index in [1.165, 1.54) is 0 Å². The summed E-state index contributed by atoms with van der Waals surface area (Å²) in [5, 5.41) is 15.0. The van der Waals surface area contributed by atoms with Crippen molar-refractivity contribution in [3.63, 3.8) is 0 Å². The second-order valence-corrected chi connectivity index (χ2v) is 10.1. The summed E-state index contributed by atoms with van der Waals surface area (Å²) in [4.78, 5) is 39.0. The van der Waals surface area contributed by atoms with E-state index < -0.39 is 12.0 Å². The first-order chi connectivity index (χ1) is 18.4. The number of rotatable bonds is 8. The maximum absolute atomic E-state index is 13.3. The van der Waals surface area contributed by atoms with Crippen molar-refractivity contribution < 1.29 is 24.2 Å². The molecule has 2 amide bonds. The molecule has 2 aromatic carbocycles. The van der Waals surface area contributed by atoms with Crippen molar-refractivity contribution in [2.75, 3.05) is 13.2 Å². The Morgan fingerprint density at radius 2 is 1.66 bits per heavy atom. The number of aliphatic hydroxyl groups is 1. The van der Waals surface area contributed by atoms with Gasteiger partial charge in [-0.25, -0.2) is 0 Å². The van der Waals surface area contributed by atoms with Gasteiger partial charge in [-0.15, -0.1) is 0 Å². The molecule has 3 rings (SSSR count). The SMILES string of the molecule is CC(CO)NC(=O)CC1CC=CCCCC(Cc2ccccc2)C(=O)OCC(Cc2ccccc2)NC1=O. The van der Waals surface area contributed by atoms with Gasteiger partial charge in [-0.05, 0) is 56.6 Å². The number of hydrogen-bond acceptors (Lipinski definition) is 5. The van der Waals surface area contributed by atoms with Crippen LogP contribution in [0.15, 0.2) is 72.8 Å². The first-order valence-electron chi connectivity index (χ1n) is 13.5. The summed E-state index contributed by atoms with van der Waals surface area (Å²) in [5.74, 6) is -1.62. The lowest BCUT2D eigenvalue weighted by molar-refractivity contribution is -0.150. The predicted molar refractivity (Wildman–Crippen MR) is 147 cm³/mol. The number of allylic oxidation sites excluding steroid dienone is 2. The van der Waals surface area contributed by atoms with Crippen LogP contribution in [0.4, 0.5) is 0 Å². The fraction of sp³-hybridized carbons (Fsp3) is 0.452. The van der Waals surface area contributed by atoms with Gasteiger partial charge in [0, 0.05) is 12.5 Å². The Morgan fingerprint density at radius 3 is 2.32 bits per heavy atom. The maximum atomic E-state index is 13.3. The van der Waals surface area contributed by atoms with E-state index in [-0.39, 0.29) is 49.4 Å². The van der Waals surface area contributed by atoms with Crippen LogP contribution in [0.5, 0.6) is 0 Å². The fourth-order valence-electron chi connectivity index (χ4n) is 4.62. The molecule has 7 heteroatoms. The average molecular weight is 521 g/mol. The van der Waals surface area contributed by atoms with Crippen molar-refractivity contribution in [2.24, 2.45) is 11.8 Å². The van der Waals surface area contributed by atoms with Crippen LogP contribution in [0.1, 0.15) is 50.2 Å². The molecule has 1 heterocycles. The largest absolute Gasteiger partial charge is 0.463 e. The molecule has 0 spiro atoms. The minimum absolute atomic E-state index is 0.0114. The number of carbonyl (C=O) groups is 3. The standard InChI is InChI=1S/C31H40N2O5/c1-23(21-34)32-29(35)20-26-16-10-2-3-11-17-27(18-24-12-6-4-7-13-24)31(37)38-22-28(33-30(26)36)19-25-14-8-5-9-15-25/h2,4-10,12-15,23,26-28,34H,3,11,16-22H2,1H3,(H,32,35)(H,33,36). The number of carbonyl (C=O) groups excluding carboxylic acids is 3. The normalized spacial score (nSPS) is 22.0. The number of amides is 2. The maximum Gasteiger partial charge on any atom is 0.309 e. The Hall–Kier alpha value is -3.45. The number of hydrogen-bond donors (Lipinski definition) is 3. The fourth-order valence-corrected chi connectivity index (χ4v) is 4.62. The molecule has 0 aliphatic carbocycles. The second-order valence-electron chi connectivity index (χ2n) is 10.1. The molecule has 204 valence electrons. The lowest BCUT2D eigenvalue weighted by Gasteiger charge is -2.24. The van der Waals surface area contributed by atoms with E-state index in [0.717, 1.165) is 24.0 Å². The first-order valence-corrected chi connectivity index (χ1v) is 13.5. The van der Waals surface area contributed by atoms with Gasteiger partial charge in [0.2, 0.25) is 11.8 Å². The van der Waals surface area contributed by atoms with Crippen molar-refractivity contribution in [3.05, 3.63) is 83.9 Å². The summed E-state index contributed by atoms with van der Waals surface area (Å²) in [6, 6.07) is 18.9. The average Bonchev–Trinajstić information content (AvgIpc) is 2.92. The number of ether oxygens (including phenoxy) is 1. The summed E-state index contributed by atoms with van der Waals surface area (Å²) in [6.45, 7) is 1.60. The Balaban J connectivity index is 1.77. The number of benzene rings is 2. The van der Waals surface area contributed by atoms with E-state index in [1.807, 2.05) is 72.8 Å². The zero-order chi connectivity index (χ0) is 27.2. The number of esters is 1. The van der Waals surface area contributed by atoms with Gasteiger partial charge in [0.25, 0.3) is 0 Å². The van der Waals surface area contributed by atoms with Crippen LogP contribution in [0.2, 0.25) is 0 Å². The molecular formula is C31H40N2O5. The quantitative estimate of drug-likeness (QED) is 0.363. The van der Waals surface area contributed by atoms with Crippen LogP contribution in [0, 0.1) is 11.8 Å². The highest BCUT2D eigenvalue weighted by atomic mass is 16.5. The van der Waals surface area contributed by atoms with Gasteiger partial charge in [0.15, 0.2) is 0 Å². The Bertz CT molecular complexity index is 1040. The third kappa shape index (κ3) is 10.1. The number of cyclic esters (lactones) is 1. The Labute approximate surface area is 225 Å². The molecule has 3 N–H and O–H groups in total. The smallest absolute Gasteiger partial charge is 0.309 e. The molecule has 7 nitrogen and oxygen atoms in total. The van der Waals surface area contributed by atoms with Crippen LogP contribution < -0.4 is 10.6 Å². The summed E-state index contributed by atoms with van der Waals surface area (Å²) in [7, 11) is 0. The minimum atomic E-state index is -0.570. The third-order valence-corrected chi connectivity index (χ3v) is 6.75. The molecule has 4 atom stereocenters. The van der Waals surface area contributed by atoms with E-state index in [2.05, 4.69) is 10.6 Å². The van der Waals surface area contributed by atoms with Crippen LogP contribution in [0.3, 0.4) is 0 Å². The van der Waals surface area contributed by atoms with Gasteiger partial charge in [-0.1, -0.05) is 72.8 Å². The van der Waals surface area contributed by atoms with Crippen LogP contribution in [0.25, 0.3) is 0 Å². The summed E-state index contributed by atoms with van der Waals surface area (Å²) < 4.78 is 5.81. The number of nitrogens with one attached hydrogen (secondary N) is 2. The van der Waals surface area contributed by atoms with Gasteiger partial charge in [0.05, 0.1) is 24.5 Å². The van der Waals surface area contributed by atoms with Crippen molar-refractivity contribution in [1.82, 2.24) is 10.6 Å². The molecule has 0 radical (unpaired) electrons. The first kappa shape index (κ1) is 29.1. The molecule has 2 aromatic rings. The monoisotopic (exact) mass is 520 g/mol. The van der Waals surface area contributed by atoms with Gasteiger partial charge < -0.3 is 20.5 Å². The molecular weight excluding hydrogens is 480 g/mol. The van der Waals surface area contributed by atoms with E-state index in [0.29, 0.717) is 25.7 Å². The predicted octanol–water partition coefficient (Wildman–Crippen LogP) is 3.75. The van der Waals surface area contributed by atoms with Gasteiger partial charge >= 0.3 is 5.97 Å². The van der Waals surface area contributed by atoms with Crippen molar-refractivity contribution in [1.29, 1.82) is 0 Å². The van der Waals surface area contributed by atoms with Crippen LogP contribution >= 0.6 is 0 Å². The minimum Gasteiger partial charge on any atom is -0.463 e. The lowest BCUT2D eigenvalue weighted by Crippen LogP contribution is -2.45. The zero-order valence-electron chi connectivity index (χ0n) is 22.2. The van der Waals surface area contributed by atoms with Crippen LogP contribution in [-0.4, -0.2) is 48.2 Å². The highest BCUT2D eigenvalue weighted by Crippen LogP contribution is 2.19. The molecule has 38 heavy (non-hydrogen) atoms. The van der Waals surface area contributed by atoms with E-state index in [4.69, 9.17) is 4.74 Å².